The van der Waals surface area contributed by atoms with Gasteiger partial charge in [0.25, 0.3) is 0 Å². The van der Waals surface area contributed by atoms with Crippen LogP contribution in [0.15, 0.2) is 18.2 Å². The van der Waals surface area contributed by atoms with Crippen LogP contribution in [0.4, 0.5) is 24.5 Å². The van der Waals surface area contributed by atoms with Crippen LogP contribution < -0.4 is 16.0 Å². The molecule has 0 saturated heterocycles. The van der Waals surface area contributed by atoms with Crippen LogP contribution in [0.25, 0.3) is 0 Å². The molecule has 1 aromatic carbocycles. The SMILES string of the molecule is CC(=O)Nc1ccc(C(F)(F)F)cc1NC(=O)C(C)NC(=O)CC1CCCCC1. The van der Waals surface area contributed by atoms with E-state index in [4.69, 9.17) is 0 Å². The summed E-state index contributed by atoms with van der Waals surface area (Å²) in [5.74, 6) is -1.12. The molecule has 3 amide bonds. The third-order valence-electron chi connectivity index (χ3n) is 4.89. The van der Waals surface area contributed by atoms with E-state index >= 15 is 0 Å². The molecule has 1 fully saturated rings. The number of rotatable bonds is 6. The van der Waals surface area contributed by atoms with Crippen molar-refractivity contribution in [1.82, 2.24) is 5.32 Å². The topological polar surface area (TPSA) is 87.3 Å². The number of nitrogens with one attached hydrogen (secondary N) is 3. The van der Waals surface area contributed by atoms with Crippen molar-refractivity contribution in [3.05, 3.63) is 23.8 Å². The molecule has 0 bridgehead atoms. The minimum Gasteiger partial charge on any atom is -0.345 e. The summed E-state index contributed by atoms with van der Waals surface area (Å²) in [6.07, 6.45) is 1.05. The maximum absolute atomic E-state index is 13.0. The van der Waals surface area contributed by atoms with Gasteiger partial charge >= 0.3 is 6.18 Å². The number of amides is 3. The first kappa shape index (κ1) is 22.7. The maximum Gasteiger partial charge on any atom is 0.416 e. The molecule has 1 aromatic rings. The van der Waals surface area contributed by atoms with Gasteiger partial charge in [0.05, 0.1) is 16.9 Å². The number of carbonyl (C=O) groups is 3. The number of anilines is 2. The van der Waals surface area contributed by atoms with Crippen LogP contribution in [0.1, 0.15) is 57.9 Å². The van der Waals surface area contributed by atoms with Gasteiger partial charge < -0.3 is 16.0 Å². The van der Waals surface area contributed by atoms with Gasteiger partial charge in [0, 0.05) is 13.3 Å². The lowest BCUT2D eigenvalue weighted by Crippen LogP contribution is -2.42. The fourth-order valence-electron chi connectivity index (χ4n) is 3.38. The summed E-state index contributed by atoms with van der Waals surface area (Å²) in [4.78, 5) is 35.9. The van der Waals surface area contributed by atoms with Crippen LogP contribution in [0.3, 0.4) is 0 Å². The third-order valence-corrected chi connectivity index (χ3v) is 4.89. The minimum atomic E-state index is -4.60. The Kier molecular flexibility index (Phi) is 7.64. The molecule has 1 aliphatic carbocycles. The zero-order chi connectivity index (χ0) is 21.6. The van der Waals surface area contributed by atoms with E-state index in [0.717, 1.165) is 43.9 Å². The normalized spacial score (nSPS) is 16.0. The van der Waals surface area contributed by atoms with Gasteiger partial charge in [0.1, 0.15) is 6.04 Å². The largest absolute Gasteiger partial charge is 0.416 e. The van der Waals surface area contributed by atoms with Crippen LogP contribution in [0, 0.1) is 5.92 Å². The molecule has 0 aromatic heterocycles. The molecule has 1 unspecified atom stereocenters. The highest BCUT2D eigenvalue weighted by molar-refractivity contribution is 6.01. The van der Waals surface area contributed by atoms with Crippen molar-refractivity contribution < 1.29 is 27.6 Å². The molecular formula is C20H26F3N3O3. The predicted molar refractivity (Wildman–Crippen MR) is 103 cm³/mol. The maximum atomic E-state index is 13.0. The number of hydrogen-bond acceptors (Lipinski definition) is 3. The molecule has 0 spiro atoms. The second-order valence-electron chi connectivity index (χ2n) is 7.43. The fraction of sp³-hybridized carbons (Fsp3) is 0.550. The summed E-state index contributed by atoms with van der Waals surface area (Å²) in [5, 5.41) is 7.34. The van der Waals surface area contributed by atoms with Crippen LogP contribution >= 0.6 is 0 Å². The average molecular weight is 413 g/mol. The lowest BCUT2D eigenvalue weighted by Gasteiger charge is -2.22. The molecule has 0 aliphatic heterocycles. The molecule has 0 radical (unpaired) electrons. The van der Waals surface area contributed by atoms with Crippen molar-refractivity contribution in [1.29, 1.82) is 0 Å². The van der Waals surface area contributed by atoms with E-state index in [1.807, 2.05) is 0 Å². The smallest absolute Gasteiger partial charge is 0.345 e. The van der Waals surface area contributed by atoms with E-state index in [2.05, 4.69) is 16.0 Å². The first-order chi connectivity index (χ1) is 13.6. The Labute approximate surface area is 167 Å². The summed E-state index contributed by atoms with van der Waals surface area (Å²) < 4.78 is 39.0. The van der Waals surface area contributed by atoms with E-state index in [-0.39, 0.29) is 17.3 Å². The van der Waals surface area contributed by atoms with Gasteiger partial charge in [0.15, 0.2) is 0 Å². The lowest BCUT2D eigenvalue weighted by atomic mass is 9.87. The van der Waals surface area contributed by atoms with Crippen LogP contribution in [-0.4, -0.2) is 23.8 Å². The first-order valence-electron chi connectivity index (χ1n) is 9.65. The van der Waals surface area contributed by atoms with Crippen molar-refractivity contribution in [3.8, 4) is 0 Å². The Morgan fingerprint density at radius 3 is 2.31 bits per heavy atom. The van der Waals surface area contributed by atoms with Gasteiger partial charge in [-0.15, -0.1) is 0 Å². The van der Waals surface area contributed by atoms with E-state index in [1.165, 1.54) is 20.3 Å². The van der Waals surface area contributed by atoms with Crippen molar-refractivity contribution in [3.63, 3.8) is 0 Å². The number of carbonyl (C=O) groups excluding carboxylic acids is 3. The van der Waals surface area contributed by atoms with Crippen LogP contribution in [0.2, 0.25) is 0 Å². The number of alkyl halides is 3. The summed E-state index contributed by atoms with van der Waals surface area (Å²) in [6.45, 7) is 2.66. The lowest BCUT2D eigenvalue weighted by molar-refractivity contribution is -0.137. The van der Waals surface area contributed by atoms with Gasteiger partial charge in [0.2, 0.25) is 17.7 Å². The van der Waals surface area contributed by atoms with Gasteiger partial charge in [-0.2, -0.15) is 13.2 Å². The van der Waals surface area contributed by atoms with Gasteiger partial charge in [-0.25, -0.2) is 0 Å². The summed E-state index contributed by atoms with van der Waals surface area (Å²) in [6, 6.07) is 1.70. The molecule has 160 valence electrons. The molecule has 9 heteroatoms. The van der Waals surface area contributed by atoms with Crippen molar-refractivity contribution in [2.75, 3.05) is 10.6 Å². The Balaban J connectivity index is 2.04. The minimum absolute atomic E-state index is 0.0413. The molecule has 1 atom stereocenters. The van der Waals surface area contributed by atoms with Crippen LogP contribution in [0.5, 0.6) is 0 Å². The molecule has 3 N–H and O–H groups in total. The van der Waals surface area contributed by atoms with E-state index in [9.17, 15) is 27.6 Å². The standard InChI is InChI=1S/C20H26F3N3O3/c1-12(24-18(28)10-14-6-4-3-5-7-14)19(29)26-17-11-15(20(21,22)23)8-9-16(17)25-13(2)27/h8-9,11-12,14H,3-7,10H2,1-2H3,(H,24,28)(H,25,27)(H,26,29). The third kappa shape index (κ3) is 7.07. The van der Waals surface area contributed by atoms with Gasteiger partial charge in [-0.3, -0.25) is 14.4 Å². The van der Waals surface area contributed by atoms with Gasteiger partial charge in [-0.05, 0) is 43.9 Å². The van der Waals surface area contributed by atoms with Crippen LogP contribution in [-0.2, 0) is 20.6 Å². The van der Waals surface area contributed by atoms with E-state index in [1.54, 1.807) is 0 Å². The van der Waals surface area contributed by atoms with Crippen molar-refractivity contribution >= 4 is 29.1 Å². The molecule has 1 aliphatic rings. The Morgan fingerprint density at radius 2 is 1.72 bits per heavy atom. The summed E-state index contributed by atoms with van der Waals surface area (Å²) >= 11 is 0. The Bertz CT molecular complexity index is 759. The van der Waals surface area contributed by atoms with E-state index in [0.29, 0.717) is 12.3 Å². The average Bonchev–Trinajstić information content (AvgIpc) is 2.62. The fourth-order valence-corrected chi connectivity index (χ4v) is 3.38. The number of hydrogen-bond donors (Lipinski definition) is 3. The monoisotopic (exact) mass is 413 g/mol. The summed E-state index contributed by atoms with van der Waals surface area (Å²) in [5.41, 5.74) is -1.11. The molecule has 29 heavy (non-hydrogen) atoms. The first-order valence-corrected chi connectivity index (χ1v) is 9.65. The highest BCUT2D eigenvalue weighted by atomic mass is 19.4. The summed E-state index contributed by atoms with van der Waals surface area (Å²) in [7, 11) is 0. The zero-order valence-corrected chi connectivity index (χ0v) is 16.5. The van der Waals surface area contributed by atoms with Gasteiger partial charge in [-0.1, -0.05) is 19.3 Å². The quantitative estimate of drug-likeness (QED) is 0.657. The molecule has 2 rings (SSSR count). The highest BCUT2D eigenvalue weighted by Gasteiger charge is 2.31. The molecule has 6 nitrogen and oxygen atoms in total. The second kappa shape index (κ2) is 9.76. The number of halogens is 3. The van der Waals surface area contributed by atoms with E-state index < -0.39 is 29.6 Å². The predicted octanol–water partition coefficient (Wildman–Crippen LogP) is 4.08. The van der Waals surface area contributed by atoms with Crippen molar-refractivity contribution in [2.45, 2.75) is 64.6 Å². The Morgan fingerprint density at radius 1 is 1.07 bits per heavy atom. The molecule has 1 saturated carbocycles. The second-order valence-corrected chi connectivity index (χ2v) is 7.43. The highest BCUT2D eigenvalue weighted by Crippen LogP contribution is 2.34. The molecule has 0 heterocycles. The Hall–Kier alpha value is -2.58. The number of benzene rings is 1. The van der Waals surface area contributed by atoms with Crippen molar-refractivity contribution in [2.24, 2.45) is 5.92 Å². The molecular weight excluding hydrogens is 387 g/mol. The zero-order valence-electron chi connectivity index (χ0n) is 16.5.